The highest BCUT2D eigenvalue weighted by Crippen LogP contribution is 2.39. The van der Waals surface area contributed by atoms with E-state index < -0.39 is 117 Å². The van der Waals surface area contributed by atoms with Gasteiger partial charge in [0.25, 0.3) is 11.7 Å². The largest absolute Gasteiger partial charge is 0.523 e. The van der Waals surface area contributed by atoms with Crippen LogP contribution in [0.2, 0.25) is 0 Å². The highest BCUT2D eigenvalue weighted by atomic mass is 32.2. The van der Waals surface area contributed by atoms with Crippen LogP contribution >= 0.6 is 0 Å². The normalized spacial score (nSPS) is 37.0. The first-order valence-electron chi connectivity index (χ1n) is 25.2. The van der Waals surface area contributed by atoms with Gasteiger partial charge >= 0.3 is 21.6 Å². The number of Topliss-reactive ketones (excluding diaryl/α,β-unsaturated/α-hetero) is 3. The van der Waals surface area contributed by atoms with Crippen molar-refractivity contribution in [2.45, 2.75) is 186 Å². The first-order valence-corrected chi connectivity index (χ1v) is 26.6. The number of carbonyl (C=O) groups is 5. The lowest BCUT2D eigenvalue weighted by molar-refractivity contribution is -0.265. The van der Waals surface area contributed by atoms with Crippen molar-refractivity contribution in [2.75, 3.05) is 27.9 Å². The number of nitrogens with zero attached hydrogens (tertiary/aromatic N) is 1. The van der Waals surface area contributed by atoms with E-state index in [2.05, 4.69) is 4.18 Å². The van der Waals surface area contributed by atoms with Gasteiger partial charge in [-0.3, -0.25) is 23.4 Å². The molecule has 0 aromatic carbocycles. The summed E-state index contributed by atoms with van der Waals surface area (Å²) in [4.78, 5) is 72.0. The third-order valence-corrected chi connectivity index (χ3v) is 16.1. The molecule has 2 bridgehead atoms. The van der Waals surface area contributed by atoms with Crippen LogP contribution in [0.1, 0.15) is 126 Å². The predicted molar refractivity (Wildman–Crippen MR) is 259 cm³/mol. The average Bonchev–Trinajstić information content (AvgIpc) is 3.32. The number of methoxy groups -OCH3 is 3. The number of carbonyl (C=O) groups excluding carboxylic acids is 5. The molecule has 15 atom stereocenters. The number of halogens is 3. The molecule has 1 saturated carbocycles. The van der Waals surface area contributed by atoms with E-state index in [1.807, 2.05) is 44.2 Å². The topological polar surface area (TPSA) is 219 Å². The number of esters is 1. The molecule has 408 valence electrons. The Bertz CT molecular complexity index is 2130. The molecule has 3 aliphatic heterocycles. The van der Waals surface area contributed by atoms with E-state index in [1.165, 1.54) is 27.4 Å². The maximum absolute atomic E-state index is 14.4. The molecule has 0 unspecified atom stereocenters. The number of aliphatic hydroxyl groups is 2. The summed E-state index contributed by atoms with van der Waals surface area (Å²) in [6, 6.07) is -1.28. The molecule has 4 rings (SSSR count). The van der Waals surface area contributed by atoms with E-state index in [0.717, 1.165) is 10.5 Å². The van der Waals surface area contributed by atoms with Gasteiger partial charge in [-0.2, -0.15) is 21.6 Å². The highest BCUT2D eigenvalue weighted by molar-refractivity contribution is 7.87. The van der Waals surface area contributed by atoms with E-state index in [9.17, 15) is 55.8 Å². The van der Waals surface area contributed by atoms with Crippen LogP contribution in [0.4, 0.5) is 13.2 Å². The van der Waals surface area contributed by atoms with Gasteiger partial charge in [0, 0.05) is 58.5 Å². The third-order valence-electron chi connectivity index (χ3n) is 15.0. The van der Waals surface area contributed by atoms with Gasteiger partial charge in [-0.05, 0) is 107 Å². The molecule has 1 aliphatic carbocycles. The average molecular weight is 1050 g/mol. The second-order valence-corrected chi connectivity index (χ2v) is 22.1. The van der Waals surface area contributed by atoms with Crippen LogP contribution in [0.3, 0.4) is 0 Å². The van der Waals surface area contributed by atoms with Crippen molar-refractivity contribution in [1.29, 1.82) is 0 Å². The summed E-state index contributed by atoms with van der Waals surface area (Å²) in [6.45, 7) is 12.1. The summed E-state index contributed by atoms with van der Waals surface area (Å²) >= 11 is 0. The van der Waals surface area contributed by atoms with Gasteiger partial charge < -0.3 is 38.8 Å². The van der Waals surface area contributed by atoms with E-state index in [1.54, 1.807) is 34.6 Å². The standard InChI is InChI=1S/C52H78F3NO15S/c1-30-16-12-11-13-17-31(2)42(66-8)28-38-21-19-36(7)51(63,70-38)48(60)49(61)56-23-15-14-18-39(56)50(62)69-43(29-40(57)32(3)25-35(6)46(59)47(68-10)45(58)34(5)24-30)33(4)26-37-20-22-41(44(27-37)67-9)71-72(64,65)52(53,54)55/h11-13,16-17,25,30,32-34,36-39,41-44,46-47,59,63H,14-15,18-24,26-29H2,1-10H3/b13-11?,16-12+,31-17?,35-25+/t30-,32-,33-,34-,36-,37+,38+,39+,41-,42+,43+,44-,46-,47+,51-/m1/s1. The molecular formula is C52H78F3NO15S. The number of hydrogen-bond acceptors (Lipinski definition) is 15. The van der Waals surface area contributed by atoms with Crippen molar-refractivity contribution in [1.82, 2.24) is 4.90 Å². The molecule has 2 saturated heterocycles. The van der Waals surface area contributed by atoms with E-state index in [-0.39, 0.29) is 74.7 Å². The Morgan fingerprint density at radius 2 is 1.56 bits per heavy atom. The smallest absolute Gasteiger partial charge is 0.460 e. The number of piperidine rings is 1. The minimum absolute atomic E-state index is 0.0182. The van der Waals surface area contributed by atoms with Crippen molar-refractivity contribution >= 4 is 39.3 Å². The van der Waals surface area contributed by atoms with Crippen molar-refractivity contribution in [2.24, 2.45) is 35.5 Å². The van der Waals surface area contributed by atoms with Crippen molar-refractivity contribution in [3.05, 3.63) is 47.6 Å². The Hall–Kier alpha value is -3.63. The number of ether oxygens (including phenoxy) is 5. The summed E-state index contributed by atoms with van der Waals surface area (Å²) in [5, 5.41) is 23.4. The molecule has 72 heavy (non-hydrogen) atoms. The highest BCUT2D eigenvalue weighted by Gasteiger charge is 2.54. The zero-order valence-electron chi connectivity index (χ0n) is 43.4. The van der Waals surface area contributed by atoms with Gasteiger partial charge in [0.2, 0.25) is 5.79 Å². The van der Waals surface area contributed by atoms with E-state index >= 15 is 0 Å². The molecule has 3 heterocycles. The second-order valence-electron chi connectivity index (χ2n) is 20.6. The van der Waals surface area contributed by atoms with E-state index in [4.69, 9.17) is 23.7 Å². The van der Waals surface area contributed by atoms with Crippen LogP contribution in [0.25, 0.3) is 0 Å². The van der Waals surface area contributed by atoms with Gasteiger partial charge in [-0.15, -0.1) is 0 Å². The molecule has 2 N–H and O–H groups in total. The molecule has 16 nitrogen and oxygen atoms in total. The van der Waals surface area contributed by atoms with Crippen LogP contribution in [-0.4, -0.2) is 141 Å². The number of cyclic esters (lactones) is 1. The molecule has 0 aromatic heterocycles. The summed E-state index contributed by atoms with van der Waals surface area (Å²) < 4.78 is 97.1. The Labute approximate surface area is 423 Å². The number of fused-ring (bicyclic) bond motifs is 3. The van der Waals surface area contributed by atoms with Crippen molar-refractivity contribution in [3.8, 4) is 0 Å². The summed E-state index contributed by atoms with van der Waals surface area (Å²) in [5.74, 6) is -9.68. The first kappa shape index (κ1) is 60.9. The zero-order valence-corrected chi connectivity index (χ0v) is 44.2. The number of alkyl halides is 3. The number of allylic oxidation sites excluding steroid dienone is 6. The number of ketones is 3. The molecule has 0 aromatic rings. The molecule has 1 amide bonds. The number of hydrogen-bond donors (Lipinski definition) is 2. The van der Waals surface area contributed by atoms with Crippen molar-refractivity contribution < 1.29 is 83.6 Å². The Kier molecular flexibility index (Phi) is 22.6. The Morgan fingerprint density at radius 1 is 0.861 bits per heavy atom. The Balaban J connectivity index is 1.70. The minimum Gasteiger partial charge on any atom is -0.460 e. The number of amides is 1. The Morgan fingerprint density at radius 3 is 2.19 bits per heavy atom. The van der Waals surface area contributed by atoms with Gasteiger partial charge in [0.15, 0.2) is 5.78 Å². The van der Waals surface area contributed by atoms with Crippen LogP contribution in [-0.2, 0) is 62.0 Å². The quantitative estimate of drug-likeness (QED) is 0.0818. The fraction of sp³-hybridized carbons (Fsp3) is 0.750. The maximum Gasteiger partial charge on any atom is 0.523 e. The molecule has 20 heteroatoms. The van der Waals surface area contributed by atoms with Crippen LogP contribution in [0.5, 0.6) is 0 Å². The second kappa shape index (κ2) is 26.7. The van der Waals surface area contributed by atoms with E-state index in [0.29, 0.717) is 32.1 Å². The lowest BCUT2D eigenvalue weighted by Crippen LogP contribution is -2.61. The van der Waals surface area contributed by atoms with Crippen LogP contribution in [0.15, 0.2) is 47.6 Å². The molecule has 3 fully saturated rings. The van der Waals surface area contributed by atoms with Gasteiger partial charge in [-0.1, -0.05) is 71.1 Å². The predicted octanol–water partition coefficient (Wildman–Crippen LogP) is 7.05. The van der Waals surface area contributed by atoms with Gasteiger partial charge in [0.1, 0.15) is 36.2 Å². The lowest BCUT2D eigenvalue weighted by Gasteiger charge is -2.42. The van der Waals surface area contributed by atoms with Crippen molar-refractivity contribution in [3.63, 3.8) is 0 Å². The minimum atomic E-state index is -5.91. The molecule has 4 aliphatic rings. The summed E-state index contributed by atoms with van der Waals surface area (Å²) in [5.41, 5.74) is -4.52. The van der Waals surface area contributed by atoms with Crippen LogP contribution < -0.4 is 0 Å². The van der Waals surface area contributed by atoms with Crippen LogP contribution in [0, 0.1) is 35.5 Å². The zero-order chi connectivity index (χ0) is 53.9. The molecule has 0 spiro atoms. The first-order chi connectivity index (χ1) is 33.7. The fourth-order valence-electron chi connectivity index (χ4n) is 10.4. The summed E-state index contributed by atoms with van der Waals surface area (Å²) in [7, 11) is -1.83. The number of rotatable bonds is 8. The lowest BCUT2D eigenvalue weighted by atomic mass is 9.78. The maximum atomic E-state index is 14.4. The monoisotopic (exact) mass is 1050 g/mol. The number of aliphatic hydroxyl groups excluding tert-OH is 1. The SMILES string of the molecule is CO[C@H]1C[C@@H]2CC[C@@H](C)[C@@](O)(O2)C(=O)C(=O)N2CCCC[C@H]2C(=O)O[C@H]([C@H](C)C[C@@H]2CC[C@@H](OS(=O)(=O)C(F)(F)F)[C@H](OC)C2)CC(=O)[C@H](C)/C=C(\C)[C@@H](O)[C@@H](OC)C(=O)[C@H](C)C[C@H](C)/C=C/C=CC=C1C. The summed E-state index contributed by atoms with van der Waals surface area (Å²) in [6.07, 6.45) is 6.01. The molecular weight excluding hydrogens is 968 g/mol. The third kappa shape index (κ3) is 15.7. The van der Waals surface area contributed by atoms with Gasteiger partial charge in [0.05, 0.1) is 18.3 Å². The molecule has 0 radical (unpaired) electrons. The fourth-order valence-corrected chi connectivity index (χ4v) is 11.1. The van der Waals surface area contributed by atoms with Gasteiger partial charge in [-0.25, -0.2) is 4.79 Å².